The van der Waals surface area contributed by atoms with Gasteiger partial charge in [-0.15, -0.1) is 0 Å². The summed E-state index contributed by atoms with van der Waals surface area (Å²) >= 11 is 5.94. The summed E-state index contributed by atoms with van der Waals surface area (Å²) < 4.78 is 0. The highest BCUT2D eigenvalue weighted by Gasteiger charge is 2.09. The van der Waals surface area contributed by atoms with Crippen molar-refractivity contribution in [2.45, 2.75) is 13.5 Å². The first-order valence-corrected chi connectivity index (χ1v) is 6.83. The van der Waals surface area contributed by atoms with Crippen molar-refractivity contribution in [1.82, 2.24) is 5.32 Å². The number of benzene rings is 2. The lowest BCUT2D eigenvalue weighted by molar-refractivity contribution is 0.0951. The number of carbonyl (C=O) groups excluding carboxylic acids is 1. The Morgan fingerprint density at radius 3 is 2.81 bits per heavy atom. The summed E-state index contributed by atoms with van der Waals surface area (Å²) in [6.07, 6.45) is 1.20. The summed E-state index contributed by atoms with van der Waals surface area (Å²) in [7, 11) is 0. The number of nitrogens with two attached hydrogens (primary N) is 1. The molecular weight excluding hydrogens is 286 g/mol. The Morgan fingerprint density at radius 1 is 1.38 bits per heavy atom. The van der Waals surface area contributed by atoms with E-state index in [1.807, 2.05) is 13.0 Å². The van der Waals surface area contributed by atoms with Crippen LogP contribution in [0.3, 0.4) is 0 Å². The van der Waals surface area contributed by atoms with Crippen LogP contribution in [0.15, 0.2) is 36.4 Å². The van der Waals surface area contributed by atoms with E-state index < -0.39 is 0 Å². The molecule has 0 spiro atoms. The quantitative estimate of drug-likeness (QED) is 0.599. The highest BCUT2D eigenvalue weighted by molar-refractivity contribution is 6.31. The van der Waals surface area contributed by atoms with Crippen molar-refractivity contribution in [2.24, 2.45) is 0 Å². The minimum Gasteiger partial charge on any atom is -0.398 e. The second kappa shape index (κ2) is 6.41. The minimum atomic E-state index is -0.187. The van der Waals surface area contributed by atoms with E-state index in [4.69, 9.17) is 22.7 Å². The molecule has 2 aromatic carbocycles. The van der Waals surface area contributed by atoms with Crippen molar-refractivity contribution in [2.75, 3.05) is 5.73 Å². The topological polar surface area (TPSA) is 79.0 Å². The number of nitrogen functional groups attached to an aromatic ring is 1. The maximum Gasteiger partial charge on any atom is 0.251 e. The summed E-state index contributed by atoms with van der Waals surface area (Å²) in [6.45, 7) is 2.17. The number of carbonyl (C=O) groups is 1. The third-order valence-electron chi connectivity index (χ3n) is 3.23. The number of halogens is 1. The summed E-state index contributed by atoms with van der Waals surface area (Å²) in [6, 6.07) is 10.5. The van der Waals surface area contributed by atoms with Crippen molar-refractivity contribution in [3.63, 3.8) is 0 Å². The lowest BCUT2D eigenvalue weighted by atomic mass is 10.1. The monoisotopic (exact) mass is 301 g/mol. The standard InChI is InChI=1S/C16H16ClN3O/c1-10-7-11(5-6-14(10)17)16(21)20-9-12-3-2-4-15(19)13(12)8-18/h2-8,18H,9,19H2,1H3,(H,20,21). The van der Waals surface area contributed by atoms with Crippen molar-refractivity contribution < 1.29 is 4.79 Å². The minimum absolute atomic E-state index is 0.187. The lowest BCUT2D eigenvalue weighted by Gasteiger charge is -2.10. The number of nitrogens with one attached hydrogen (secondary N) is 2. The molecule has 0 radical (unpaired) electrons. The van der Waals surface area contributed by atoms with Gasteiger partial charge in [-0.05, 0) is 42.3 Å². The Balaban J connectivity index is 2.13. The Morgan fingerprint density at radius 2 is 2.14 bits per heavy atom. The van der Waals surface area contributed by atoms with Crippen molar-refractivity contribution >= 4 is 29.4 Å². The van der Waals surface area contributed by atoms with Crippen LogP contribution in [0.1, 0.15) is 27.0 Å². The zero-order valence-corrected chi connectivity index (χ0v) is 12.4. The summed E-state index contributed by atoms with van der Waals surface area (Å²) in [5, 5.41) is 10.9. The number of aryl methyl sites for hydroxylation is 1. The zero-order valence-electron chi connectivity index (χ0n) is 11.6. The lowest BCUT2D eigenvalue weighted by Crippen LogP contribution is -2.23. The molecule has 0 aliphatic rings. The van der Waals surface area contributed by atoms with Gasteiger partial charge in [0, 0.05) is 34.6 Å². The van der Waals surface area contributed by atoms with Gasteiger partial charge in [0.2, 0.25) is 0 Å². The first-order valence-electron chi connectivity index (χ1n) is 6.45. The van der Waals surface area contributed by atoms with Gasteiger partial charge in [-0.25, -0.2) is 0 Å². The van der Waals surface area contributed by atoms with Gasteiger partial charge in [-0.2, -0.15) is 0 Å². The number of hydrogen-bond acceptors (Lipinski definition) is 3. The molecule has 0 bridgehead atoms. The fraction of sp³-hybridized carbons (Fsp3) is 0.125. The van der Waals surface area contributed by atoms with Crippen molar-refractivity contribution in [3.05, 3.63) is 63.7 Å². The second-order valence-electron chi connectivity index (χ2n) is 4.71. The van der Waals surface area contributed by atoms with Crippen LogP contribution in [0.25, 0.3) is 0 Å². The van der Waals surface area contributed by atoms with E-state index in [0.717, 1.165) is 11.1 Å². The molecule has 0 aromatic heterocycles. The van der Waals surface area contributed by atoms with E-state index in [1.165, 1.54) is 6.21 Å². The normalized spacial score (nSPS) is 10.2. The van der Waals surface area contributed by atoms with Crippen LogP contribution in [0.4, 0.5) is 5.69 Å². The van der Waals surface area contributed by atoms with Gasteiger partial charge >= 0.3 is 0 Å². The highest BCUT2D eigenvalue weighted by Crippen LogP contribution is 2.17. The van der Waals surface area contributed by atoms with Crippen molar-refractivity contribution in [3.8, 4) is 0 Å². The largest absolute Gasteiger partial charge is 0.398 e. The highest BCUT2D eigenvalue weighted by atomic mass is 35.5. The van der Waals surface area contributed by atoms with Gasteiger partial charge in [0.15, 0.2) is 0 Å². The molecule has 108 valence electrons. The van der Waals surface area contributed by atoms with Crippen LogP contribution in [0, 0.1) is 12.3 Å². The number of anilines is 1. The first-order chi connectivity index (χ1) is 10.0. The summed E-state index contributed by atoms with van der Waals surface area (Å²) in [4.78, 5) is 12.1. The van der Waals surface area contributed by atoms with Crippen LogP contribution in [0.2, 0.25) is 5.02 Å². The van der Waals surface area contributed by atoms with Crippen LogP contribution < -0.4 is 11.1 Å². The molecule has 0 saturated heterocycles. The van der Waals surface area contributed by atoms with Gasteiger partial charge in [-0.3, -0.25) is 4.79 Å². The molecule has 2 rings (SSSR count). The number of amides is 1. The molecule has 0 aliphatic heterocycles. The van der Waals surface area contributed by atoms with Crippen LogP contribution in [-0.2, 0) is 6.54 Å². The van der Waals surface area contributed by atoms with E-state index in [1.54, 1.807) is 30.3 Å². The molecule has 0 heterocycles. The van der Waals surface area contributed by atoms with Gasteiger partial charge in [0.25, 0.3) is 5.91 Å². The van der Waals surface area contributed by atoms with Crippen molar-refractivity contribution in [1.29, 1.82) is 5.41 Å². The zero-order chi connectivity index (χ0) is 15.4. The maximum absolute atomic E-state index is 12.1. The van der Waals surface area contributed by atoms with E-state index in [-0.39, 0.29) is 5.91 Å². The summed E-state index contributed by atoms with van der Waals surface area (Å²) in [5.41, 5.74) is 9.18. The molecule has 4 N–H and O–H groups in total. The molecule has 5 heteroatoms. The van der Waals surface area contributed by atoms with Crippen LogP contribution in [0.5, 0.6) is 0 Å². The molecule has 0 saturated carbocycles. The molecule has 0 unspecified atom stereocenters. The van der Waals surface area contributed by atoms with Crippen LogP contribution in [-0.4, -0.2) is 12.1 Å². The predicted octanol–water partition coefficient (Wildman–Crippen LogP) is 3.16. The molecule has 21 heavy (non-hydrogen) atoms. The SMILES string of the molecule is Cc1cc(C(=O)NCc2cccc(N)c2C=N)ccc1Cl. The van der Waals surface area contributed by atoms with E-state index >= 15 is 0 Å². The molecule has 0 fully saturated rings. The van der Waals surface area contributed by atoms with Gasteiger partial charge in [0.05, 0.1) is 0 Å². The Labute approximate surface area is 128 Å². The predicted molar refractivity (Wildman–Crippen MR) is 86.1 cm³/mol. The molecule has 2 aromatic rings. The molecule has 4 nitrogen and oxygen atoms in total. The van der Waals surface area contributed by atoms with Crippen LogP contribution >= 0.6 is 11.6 Å². The average molecular weight is 302 g/mol. The Bertz CT molecular complexity index is 698. The van der Waals surface area contributed by atoms with E-state index in [9.17, 15) is 4.79 Å². The molecule has 1 amide bonds. The fourth-order valence-corrected chi connectivity index (χ4v) is 2.14. The van der Waals surface area contributed by atoms with Gasteiger partial charge < -0.3 is 16.5 Å². The Kier molecular flexibility index (Phi) is 4.60. The molecule has 0 atom stereocenters. The number of hydrogen-bond donors (Lipinski definition) is 3. The third kappa shape index (κ3) is 3.41. The molecular formula is C16H16ClN3O. The number of rotatable bonds is 4. The average Bonchev–Trinajstić information content (AvgIpc) is 2.47. The fourth-order valence-electron chi connectivity index (χ4n) is 2.03. The summed E-state index contributed by atoms with van der Waals surface area (Å²) in [5.74, 6) is -0.187. The second-order valence-corrected chi connectivity index (χ2v) is 5.12. The molecule has 0 aliphatic carbocycles. The first kappa shape index (κ1) is 15.1. The van der Waals surface area contributed by atoms with E-state index in [0.29, 0.717) is 28.4 Å². The van der Waals surface area contributed by atoms with E-state index in [2.05, 4.69) is 5.32 Å². The van der Waals surface area contributed by atoms with Gasteiger partial charge in [0.1, 0.15) is 0 Å². The third-order valence-corrected chi connectivity index (χ3v) is 3.66. The Hall–Kier alpha value is -2.33. The van der Waals surface area contributed by atoms with Gasteiger partial charge in [-0.1, -0.05) is 23.7 Å². The maximum atomic E-state index is 12.1. The smallest absolute Gasteiger partial charge is 0.251 e.